The normalized spacial score (nSPS) is 12.2. The fraction of sp³-hybridized carbons (Fsp3) is 0.859. The number of esters is 3. The molecule has 0 aliphatic rings. The molecule has 0 aromatic carbocycles. The zero-order valence-corrected chi connectivity index (χ0v) is 47.1. The van der Waals surface area contributed by atoms with Gasteiger partial charge in [-0.2, -0.15) is 0 Å². The minimum Gasteiger partial charge on any atom is -0.462 e. The van der Waals surface area contributed by atoms with Gasteiger partial charge in [-0.3, -0.25) is 14.4 Å². The highest BCUT2D eigenvalue weighted by atomic mass is 16.6. The molecular weight excluding hydrogens is 865 g/mol. The molecule has 0 fully saturated rings. The lowest BCUT2D eigenvalue weighted by Crippen LogP contribution is -2.30. The first-order valence-corrected chi connectivity index (χ1v) is 31.0. The van der Waals surface area contributed by atoms with Crippen LogP contribution in [0.15, 0.2) is 36.5 Å². The summed E-state index contributed by atoms with van der Waals surface area (Å²) in [6.07, 6.45) is 71.5. The molecule has 0 bridgehead atoms. The lowest BCUT2D eigenvalue weighted by Gasteiger charge is -2.18. The maximum atomic E-state index is 12.8. The first kappa shape index (κ1) is 67.6. The third kappa shape index (κ3) is 56.5. The molecule has 0 radical (unpaired) electrons. The quantitative estimate of drug-likeness (QED) is 0.0261. The second-order valence-electron chi connectivity index (χ2n) is 21.0. The van der Waals surface area contributed by atoms with E-state index < -0.39 is 6.10 Å². The number of hydrogen-bond donors (Lipinski definition) is 0. The number of hydrogen-bond acceptors (Lipinski definition) is 6. The van der Waals surface area contributed by atoms with Gasteiger partial charge in [0.1, 0.15) is 13.2 Å². The van der Waals surface area contributed by atoms with Crippen LogP contribution in [0.1, 0.15) is 335 Å². The topological polar surface area (TPSA) is 78.9 Å². The molecule has 70 heavy (non-hydrogen) atoms. The Kier molecular flexibility index (Phi) is 57.2. The number of ether oxygens (including phenoxy) is 3. The molecule has 410 valence electrons. The smallest absolute Gasteiger partial charge is 0.306 e. The Bertz CT molecular complexity index is 1170. The Labute approximate surface area is 435 Å². The Morgan fingerprint density at radius 1 is 0.286 bits per heavy atom. The lowest BCUT2D eigenvalue weighted by atomic mass is 10.0. The van der Waals surface area contributed by atoms with Gasteiger partial charge < -0.3 is 14.2 Å². The summed E-state index contributed by atoms with van der Waals surface area (Å²) in [4.78, 5) is 38.2. The molecule has 0 rings (SSSR count). The maximum absolute atomic E-state index is 12.8. The minimum atomic E-state index is -0.776. The van der Waals surface area contributed by atoms with Gasteiger partial charge in [-0.05, 0) is 70.6 Å². The minimum absolute atomic E-state index is 0.0737. The van der Waals surface area contributed by atoms with E-state index in [1.807, 2.05) is 0 Å². The highest BCUT2D eigenvalue weighted by Gasteiger charge is 2.19. The second-order valence-corrected chi connectivity index (χ2v) is 21.0. The van der Waals surface area contributed by atoms with Crippen LogP contribution in [0, 0.1) is 0 Å². The van der Waals surface area contributed by atoms with Crippen LogP contribution >= 0.6 is 0 Å². The third-order valence-electron chi connectivity index (χ3n) is 13.9. The number of carbonyl (C=O) groups excluding carboxylic acids is 3. The molecule has 1 unspecified atom stereocenters. The van der Waals surface area contributed by atoms with Crippen LogP contribution < -0.4 is 0 Å². The fourth-order valence-electron chi connectivity index (χ4n) is 9.16. The van der Waals surface area contributed by atoms with Crippen LogP contribution in [0.4, 0.5) is 0 Å². The van der Waals surface area contributed by atoms with E-state index in [-0.39, 0.29) is 31.1 Å². The van der Waals surface area contributed by atoms with Crippen molar-refractivity contribution in [2.75, 3.05) is 13.2 Å². The van der Waals surface area contributed by atoms with Crippen molar-refractivity contribution in [3.8, 4) is 0 Å². The predicted molar refractivity (Wildman–Crippen MR) is 302 cm³/mol. The van der Waals surface area contributed by atoms with Gasteiger partial charge in [0.2, 0.25) is 0 Å². The summed E-state index contributed by atoms with van der Waals surface area (Å²) in [5, 5.41) is 0. The average molecular weight is 984 g/mol. The van der Waals surface area contributed by atoms with E-state index >= 15 is 0 Å². The molecule has 0 saturated carbocycles. The van der Waals surface area contributed by atoms with Crippen molar-refractivity contribution in [3.05, 3.63) is 36.5 Å². The number of rotatable bonds is 57. The highest BCUT2D eigenvalue weighted by Crippen LogP contribution is 2.17. The van der Waals surface area contributed by atoms with Crippen molar-refractivity contribution >= 4 is 17.9 Å². The Morgan fingerprint density at radius 2 is 0.529 bits per heavy atom. The molecular formula is C64H118O6. The molecule has 0 spiro atoms. The van der Waals surface area contributed by atoms with Crippen LogP contribution in [-0.2, 0) is 28.6 Å². The molecule has 0 amide bonds. The second kappa shape index (κ2) is 59.2. The summed E-state index contributed by atoms with van der Waals surface area (Å²) in [5.41, 5.74) is 0. The van der Waals surface area contributed by atoms with E-state index in [1.165, 1.54) is 212 Å². The fourth-order valence-corrected chi connectivity index (χ4v) is 9.16. The van der Waals surface area contributed by atoms with Gasteiger partial charge in [0.05, 0.1) is 0 Å². The van der Waals surface area contributed by atoms with Gasteiger partial charge in [-0.15, -0.1) is 0 Å². The Balaban J connectivity index is 4.22. The van der Waals surface area contributed by atoms with Crippen LogP contribution in [0.2, 0.25) is 0 Å². The molecule has 1 atom stereocenters. The van der Waals surface area contributed by atoms with E-state index in [0.29, 0.717) is 19.3 Å². The summed E-state index contributed by atoms with van der Waals surface area (Å²) < 4.78 is 16.9. The molecule has 0 N–H and O–H groups in total. The van der Waals surface area contributed by atoms with Crippen molar-refractivity contribution in [2.45, 2.75) is 341 Å². The zero-order valence-electron chi connectivity index (χ0n) is 47.1. The largest absolute Gasteiger partial charge is 0.462 e. The molecule has 0 aliphatic heterocycles. The van der Waals surface area contributed by atoms with Gasteiger partial charge >= 0.3 is 17.9 Å². The first-order chi connectivity index (χ1) is 34.5. The zero-order chi connectivity index (χ0) is 50.7. The van der Waals surface area contributed by atoms with E-state index in [4.69, 9.17) is 14.2 Å². The molecule has 0 saturated heterocycles. The predicted octanol–water partition coefficient (Wildman–Crippen LogP) is 20.8. The van der Waals surface area contributed by atoms with Crippen LogP contribution in [0.5, 0.6) is 0 Å². The third-order valence-corrected chi connectivity index (χ3v) is 13.9. The molecule has 0 aromatic rings. The van der Waals surface area contributed by atoms with Crippen LogP contribution in [0.3, 0.4) is 0 Å². The van der Waals surface area contributed by atoms with Crippen molar-refractivity contribution in [1.29, 1.82) is 0 Å². The molecule has 0 aromatic heterocycles. The monoisotopic (exact) mass is 983 g/mol. The summed E-state index contributed by atoms with van der Waals surface area (Å²) in [6, 6.07) is 0. The molecule has 0 aliphatic carbocycles. The summed E-state index contributed by atoms with van der Waals surface area (Å²) >= 11 is 0. The average Bonchev–Trinajstić information content (AvgIpc) is 3.36. The van der Waals surface area contributed by atoms with Gasteiger partial charge in [0, 0.05) is 19.3 Å². The maximum Gasteiger partial charge on any atom is 0.306 e. The summed E-state index contributed by atoms with van der Waals surface area (Å²) in [7, 11) is 0. The lowest BCUT2D eigenvalue weighted by molar-refractivity contribution is -0.167. The van der Waals surface area contributed by atoms with E-state index in [1.54, 1.807) is 0 Å². The standard InChI is InChI=1S/C64H118O6/c1-4-7-10-13-16-19-22-25-27-28-29-30-31-32-33-34-35-36-37-40-42-45-48-51-54-57-63(66)69-60-61(59-68-62(65)56-53-50-47-44-41-38-24-21-18-15-12-9-6-3)70-64(67)58-55-52-49-46-43-39-26-23-20-17-14-11-8-5-2/h14,17,23,26,28-29,61H,4-13,15-16,18-22,24-25,27,30-60H2,1-3H3/b17-14-,26-23-,29-28-. The first-order valence-electron chi connectivity index (χ1n) is 31.0. The summed E-state index contributed by atoms with van der Waals surface area (Å²) in [6.45, 7) is 6.63. The van der Waals surface area contributed by atoms with E-state index in [9.17, 15) is 14.4 Å². The van der Waals surface area contributed by atoms with Crippen molar-refractivity contribution in [1.82, 2.24) is 0 Å². The van der Waals surface area contributed by atoms with Crippen LogP contribution in [0.25, 0.3) is 0 Å². The van der Waals surface area contributed by atoms with Gasteiger partial charge in [0.15, 0.2) is 6.10 Å². The summed E-state index contributed by atoms with van der Waals surface area (Å²) in [5.74, 6) is -0.869. The molecule has 0 heterocycles. The van der Waals surface area contributed by atoms with Gasteiger partial charge in [0.25, 0.3) is 0 Å². The highest BCUT2D eigenvalue weighted by molar-refractivity contribution is 5.71. The SMILES string of the molecule is CCCC/C=C\C/C=C\CCCCCCCC(=O)OC(COC(=O)CCCCCCCCCCCCCCC)COC(=O)CCCCCCCCCCCCCCC/C=C\CCCCCCCCCC. The molecule has 6 nitrogen and oxygen atoms in total. The number of allylic oxidation sites excluding steroid dienone is 6. The molecule has 6 heteroatoms. The number of unbranched alkanes of at least 4 members (excludes halogenated alkanes) is 40. The van der Waals surface area contributed by atoms with Gasteiger partial charge in [-0.1, -0.05) is 282 Å². The van der Waals surface area contributed by atoms with Crippen molar-refractivity contribution < 1.29 is 28.6 Å². The van der Waals surface area contributed by atoms with Gasteiger partial charge in [-0.25, -0.2) is 0 Å². The Hall–Kier alpha value is -2.37. The van der Waals surface area contributed by atoms with E-state index in [2.05, 4.69) is 57.2 Å². The van der Waals surface area contributed by atoms with Crippen LogP contribution in [-0.4, -0.2) is 37.2 Å². The van der Waals surface area contributed by atoms with E-state index in [0.717, 1.165) is 83.5 Å². The number of carbonyl (C=O) groups is 3. The van der Waals surface area contributed by atoms with Crippen molar-refractivity contribution in [3.63, 3.8) is 0 Å². The van der Waals surface area contributed by atoms with Crippen molar-refractivity contribution in [2.24, 2.45) is 0 Å². The Morgan fingerprint density at radius 3 is 0.843 bits per heavy atom.